The minimum atomic E-state index is -0.191. The van der Waals surface area contributed by atoms with Crippen molar-refractivity contribution >= 4 is 29.1 Å². The number of rotatable bonds is 6. The number of amides is 2. The number of ether oxygens (including phenoxy) is 1. The van der Waals surface area contributed by atoms with Crippen LogP contribution in [-0.4, -0.2) is 74.0 Å². The first-order valence-corrected chi connectivity index (χ1v) is 10.9. The minimum absolute atomic E-state index is 0.0454. The zero-order valence-corrected chi connectivity index (χ0v) is 18.3. The number of methoxy groups -OCH3 is 1. The number of nitrogens with one attached hydrogen (secondary N) is 1. The molecule has 0 aromatic heterocycles. The Morgan fingerprint density at radius 2 is 1.83 bits per heavy atom. The molecule has 2 aliphatic rings. The van der Waals surface area contributed by atoms with E-state index in [-0.39, 0.29) is 24.4 Å². The number of piperidine rings is 2. The third-order valence-electron chi connectivity index (χ3n) is 6.14. The van der Waals surface area contributed by atoms with E-state index in [2.05, 4.69) is 10.2 Å². The SMILES string of the molecule is COc1cc(N)c(Cl)cc1C(=O)NC1CCN(CC2CCN(C(=O)CN)CC2)CC1. The van der Waals surface area contributed by atoms with Crippen molar-refractivity contribution in [3.05, 3.63) is 22.7 Å². The molecular formula is C21H32ClN5O3. The summed E-state index contributed by atoms with van der Waals surface area (Å²) in [4.78, 5) is 28.8. The highest BCUT2D eigenvalue weighted by Gasteiger charge is 2.27. The summed E-state index contributed by atoms with van der Waals surface area (Å²) in [6.45, 7) is 4.66. The molecule has 3 rings (SSSR count). The summed E-state index contributed by atoms with van der Waals surface area (Å²) in [5, 5.41) is 3.45. The van der Waals surface area contributed by atoms with Gasteiger partial charge in [-0.25, -0.2) is 0 Å². The van der Waals surface area contributed by atoms with E-state index in [1.54, 1.807) is 12.1 Å². The number of hydrogen-bond donors (Lipinski definition) is 3. The Morgan fingerprint density at radius 1 is 1.17 bits per heavy atom. The third-order valence-corrected chi connectivity index (χ3v) is 6.47. The smallest absolute Gasteiger partial charge is 0.255 e. The van der Waals surface area contributed by atoms with Crippen LogP contribution >= 0.6 is 11.6 Å². The number of nitrogens with two attached hydrogens (primary N) is 2. The quantitative estimate of drug-likeness (QED) is 0.578. The molecule has 0 radical (unpaired) electrons. The predicted octanol–water partition coefficient (Wildman–Crippen LogP) is 1.32. The first-order chi connectivity index (χ1) is 14.4. The average molecular weight is 438 g/mol. The van der Waals surface area contributed by atoms with E-state index in [4.69, 9.17) is 27.8 Å². The Hall–Kier alpha value is -2.03. The number of hydrogen-bond acceptors (Lipinski definition) is 6. The van der Waals surface area contributed by atoms with Crippen molar-refractivity contribution in [1.82, 2.24) is 15.1 Å². The van der Waals surface area contributed by atoms with Crippen molar-refractivity contribution in [3.63, 3.8) is 0 Å². The van der Waals surface area contributed by atoms with Gasteiger partial charge in [-0.1, -0.05) is 11.6 Å². The first kappa shape index (κ1) is 22.7. The molecule has 0 bridgehead atoms. The summed E-state index contributed by atoms with van der Waals surface area (Å²) in [6.07, 6.45) is 3.86. The van der Waals surface area contributed by atoms with Crippen molar-refractivity contribution in [2.45, 2.75) is 31.7 Å². The molecule has 5 N–H and O–H groups in total. The number of anilines is 1. The second-order valence-electron chi connectivity index (χ2n) is 8.15. The number of benzene rings is 1. The zero-order chi connectivity index (χ0) is 21.7. The predicted molar refractivity (Wildman–Crippen MR) is 118 cm³/mol. The zero-order valence-electron chi connectivity index (χ0n) is 17.5. The Kier molecular flexibility index (Phi) is 7.80. The summed E-state index contributed by atoms with van der Waals surface area (Å²) < 4.78 is 5.28. The Balaban J connectivity index is 1.45. The highest BCUT2D eigenvalue weighted by atomic mass is 35.5. The molecule has 8 nitrogen and oxygen atoms in total. The van der Waals surface area contributed by atoms with E-state index in [1.165, 1.54) is 7.11 Å². The molecule has 2 saturated heterocycles. The summed E-state index contributed by atoms with van der Waals surface area (Å²) in [7, 11) is 1.51. The number of carbonyl (C=O) groups excluding carboxylic acids is 2. The summed E-state index contributed by atoms with van der Waals surface area (Å²) in [5.41, 5.74) is 12.0. The van der Waals surface area contributed by atoms with Crippen LogP contribution in [0.4, 0.5) is 5.69 Å². The lowest BCUT2D eigenvalue weighted by molar-refractivity contribution is -0.131. The van der Waals surface area contributed by atoms with Gasteiger partial charge in [-0.15, -0.1) is 0 Å². The van der Waals surface area contributed by atoms with Crippen molar-refractivity contribution < 1.29 is 14.3 Å². The number of carbonyl (C=O) groups is 2. The highest BCUT2D eigenvalue weighted by molar-refractivity contribution is 6.33. The number of halogens is 1. The maximum absolute atomic E-state index is 12.7. The third kappa shape index (κ3) is 5.56. The van der Waals surface area contributed by atoms with E-state index in [1.807, 2.05) is 4.90 Å². The van der Waals surface area contributed by atoms with Gasteiger partial charge >= 0.3 is 0 Å². The van der Waals surface area contributed by atoms with Gasteiger partial charge < -0.3 is 31.3 Å². The Labute approximate surface area is 182 Å². The minimum Gasteiger partial charge on any atom is -0.496 e. The molecule has 0 saturated carbocycles. The van der Waals surface area contributed by atoms with E-state index >= 15 is 0 Å². The summed E-state index contributed by atoms with van der Waals surface area (Å²) in [5.74, 6) is 0.888. The van der Waals surface area contributed by atoms with Gasteiger partial charge in [-0.2, -0.15) is 0 Å². The Morgan fingerprint density at radius 3 is 2.43 bits per heavy atom. The molecule has 2 heterocycles. The molecule has 2 amide bonds. The number of likely N-dealkylation sites (tertiary alicyclic amines) is 2. The van der Waals surface area contributed by atoms with Crippen LogP contribution in [0.1, 0.15) is 36.0 Å². The first-order valence-electron chi connectivity index (χ1n) is 10.5. The molecule has 9 heteroatoms. The van der Waals surface area contributed by atoms with Gasteiger partial charge in [0.2, 0.25) is 5.91 Å². The van der Waals surface area contributed by atoms with Gasteiger partial charge in [0.1, 0.15) is 5.75 Å². The summed E-state index contributed by atoms with van der Waals surface area (Å²) >= 11 is 6.08. The van der Waals surface area contributed by atoms with Crippen molar-refractivity contribution in [2.75, 3.05) is 52.1 Å². The van der Waals surface area contributed by atoms with Crippen molar-refractivity contribution in [2.24, 2.45) is 11.7 Å². The second kappa shape index (κ2) is 10.3. The fourth-order valence-corrected chi connectivity index (χ4v) is 4.46. The normalized spacial score (nSPS) is 19.0. The van der Waals surface area contributed by atoms with Crippen LogP contribution in [-0.2, 0) is 4.79 Å². The molecule has 2 aliphatic heterocycles. The van der Waals surface area contributed by atoms with Crippen LogP contribution in [0.25, 0.3) is 0 Å². The van der Waals surface area contributed by atoms with E-state index in [0.29, 0.717) is 27.9 Å². The van der Waals surface area contributed by atoms with E-state index in [9.17, 15) is 9.59 Å². The average Bonchev–Trinajstić information content (AvgIpc) is 2.76. The van der Waals surface area contributed by atoms with Crippen LogP contribution in [0.5, 0.6) is 5.75 Å². The lowest BCUT2D eigenvalue weighted by atomic mass is 9.94. The molecular weight excluding hydrogens is 406 g/mol. The van der Waals surface area contributed by atoms with Gasteiger partial charge in [0.05, 0.1) is 29.9 Å². The topological polar surface area (TPSA) is 114 Å². The molecule has 1 aromatic carbocycles. The van der Waals surface area contributed by atoms with Gasteiger partial charge in [-0.05, 0) is 37.7 Å². The lowest BCUT2D eigenvalue weighted by Crippen LogP contribution is -2.47. The van der Waals surface area contributed by atoms with Crippen LogP contribution in [0.3, 0.4) is 0 Å². The molecule has 166 valence electrons. The van der Waals surface area contributed by atoms with Crippen molar-refractivity contribution in [3.8, 4) is 5.75 Å². The maximum Gasteiger partial charge on any atom is 0.255 e. The van der Waals surface area contributed by atoms with Gasteiger partial charge in [0.25, 0.3) is 5.91 Å². The molecule has 0 spiro atoms. The second-order valence-corrected chi connectivity index (χ2v) is 8.56. The van der Waals surface area contributed by atoms with E-state index in [0.717, 1.165) is 58.4 Å². The molecule has 0 aliphatic carbocycles. The molecule has 1 aromatic rings. The molecule has 30 heavy (non-hydrogen) atoms. The monoisotopic (exact) mass is 437 g/mol. The number of nitrogens with zero attached hydrogens (tertiary/aromatic N) is 2. The fraction of sp³-hybridized carbons (Fsp3) is 0.619. The largest absolute Gasteiger partial charge is 0.496 e. The summed E-state index contributed by atoms with van der Waals surface area (Å²) in [6, 6.07) is 3.26. The Bertz CT molecular complexity index is 759. The van der Waals surface area contributed by atoms with Crippen LogP contribution < -0.4 is 21.5 Å². The van der Waals surface area contributed by atoms with Crippen LogP contribution in [0.2, 0.25) is 5.02 Å². The lowest BCUT2D eigenvalue weighted by Gasteiger charge is -2.37. The van der Waals surface area contributed by atoms with Crippen molar-refractivity contribution in [1.29, 1.82) is 0 Å². The molecule has 0 unspecified atom stereocenters. The van der Waals surface area contributed by atoms with Crippen LogP contribution in [0, 0.1) is 5.92 Å². The highest BCUT2D eigenvalue weighted by Crippen LogP contribution is 2.29. The van der Waals surface area contributed by atoms with Gasteiger partial charge in [0, 0.05) is 44.8 Å². The molecule has 0 atom stereocenters. The number of nitrogen functional groups attached to an aromatic ring is 1. The van der Waals surface area contributed by atoms with Gasteiger partial charge in [0.15, 0.2) is 0 Å². The fourth-order valence-electron chi connectivity index (χ4n) is 4.30. The standard InChI is InChI=1S/C21H32ClN5O3/c1-30-19-11-18(24)17(22)10-16(19)21(29)25-15-4-6-26(7-5-15)13-14-2-8-27(9-3-14)20(28)12-23/h10-11,14-15H,2-9,12-13,23-24H2,1H3,(H,25,29). The maximum atomic E-state index is 12.7. The molecule has 2 fully saturated rings. The van der Waals surface area contributed by atoms with E-state index < -0.39 is 0 Å². The van der Waals surface area contributed by atoms with Crippen LogP contribution in [0.15, 0.2) is 12.1 Å². The van der Waals surface area contributed by atoms with Gasteiger partial charge in [-0.3, -0.25) is 9.59 Å².